The van der Waals surface area contributed by atoms with Gasteiger partial charge in [-0.15, -0.1) is 0 Å². The third-order valence-electron chi connectivity index (χ3n) is 3.88. The molecule has 0 aliphatic heterocycles. The van der Waals surface area contributed by atoms with Gasteiger partial charge in [0.2, 0.25) is 0 Å². The Bertz CT molecular complexity index is 585. The van der Waals surface area contributed by atoms with E-state index in [2.05, 4.69) is 37.4 Å². The van der Waals surface area contributed by atoms with Crippen LogP contribution in [0.15, 0.2) is 42.5 Å². The van der Waals surface area contributed by atoms with Gasteiger partial charge in [-0.05, 0) is 61.6 Å². The molecule has 0 aromatic heterocycles. The highest BCUT2D eigenvalue weighted by Gasteiger charge is 2.19. The van der Waals surface area contributed by atoms with Gasteiger partial charge in [-0.2, -0.15) is 0 Å². The number of hydrogen-bond donors (Lipinski definition) is 1. The monoisotopic (exact) mass is 267 g/mol. The van der Waals surface area contributed by atoms with Crippen molar-refractivity contribution in [3.63, 3.8) is 0 Å². The summed E-state index contributed by atoms with van der Waals surface area (Å²) in [5.74, 6) is 1.84. The Labute approximate surface area is 120 Å². The van der Waals surface area contributed by atoms with E-state index in [4.69, 9.17) is 4.74 Å². The number of nitrogens with one attached hydrogen (secondary N) is 1. The van der Waals surface area contributed by atoms with E-state index in [1.807, 2.05) is 24.3 Å². The SMILES string of the molecule is Cc1cccc(Oc2ccc(CNC3CC3)cc2)c1C. The molecule has 1 aliphatic carbocycles. The molecule has 0 spiro atoms. The van der Waals surface area contributed by atoms with Crippen LogP contribution in [0.2, 0.25) is 0 Å². The maximum absolute atomic E-state index is 5.96. The Kier molecular flexibility index (Phi) is 3.75. The summed E-state index contributed by atoms with van der Waals surface area (Å²) in [6.45, 7) is 5.15. The van der Waals surface area contributed by atoms with Crippen LogP contribution in [0.1, 0.15) is 29.5 Å². The van der Waals surface area contributed by atoms with Gasteiger partial charge in [0.25, 0.3) is 0 Å². The van der Waals surface area contributed by atoms with Crippen LogP contribution < -0.4 is 10.1 Å². The van der Waals surface area contributed by atoms with E-state index in [9.17, 15) is 0 Å². The first-order valence-electron chi connectivity index (χ1n) is 7.29. The first-order chi connectivity index (χ1) is 9.72. The molecule has 2 aromatic carbocycles. The summed E-state index contributed by atoms with van der Waals surface area (Å²) in [4.78, 5) is 0. The molecule has 2 aromatic rings. The molecule has 0 atom stereocenters. The van der Waals surface area contributed by atoms with Gasteiger partial charge < -0.3 is 10.1 Å². The smallest absolute Gasteiger partial charge is 0.130 e. The summed E-state index contributed by atoms with van der Waals surface area (Å²) in [6.07, 6.45) is 2.65. The Hall–Kier alpha value is -1.80. The molecule has 0 unspecified atom stereocenters. The van der Waals surface area contributed by atoms with Crippen LogP contribution in [-0.4, -0.2) is 6.04 Å². The summed E-state index contributed by atoms with van der Waals surface area (Å²) >= 11 is 0. The average Bonchev–Trinajstić information content (AvgIpc) is 3.27. The third-order valence-corrected chi connectivity index (χ3v) is 3.88. The molecule has 20 heavy (non-hydrogen) atoms. The maximum atomic E-state index is 5.96. The lowest BCUT2D eigenvalue weighted by atomic mass is 10.1. The van der Waals surface area contributed by atoms with E-state index in [-0.39, 0.29) is 0 Å². The molecule has 0 heterocycles. The fraction of sp³-hybridized carbons (Fsp3) is 0.333. The largest absolute Gasteiger partial charge is 0.457 e. The van der Waals surface area contributed by atoms with Gasteiger partial charge in [-0.25, -0.2) is 0 Å². The zero-order valence-electron chi connectivity index (χ0n) is 12.1. The van der Waals surface area contributed by atoms with Crippen molar-refractivity contribution in [1.29, 1.82) is 0 Å². The van der Waals surface area contributed by atoms with Crippen LogP contribution in [-0.2, 0) is 6.54 Å². The number of benzene rings is 2. The highest BCUT2D eigenvalue weighted by atomic mass is 16.5. The van der Waals surface area contributed by atoms with Gasteiger partial charge in [0, 0.05) is 12.6 Å². The molecule has 104 valence electrons. The minimum atomic E-state index is 0.751. The number of ether oxygens (including phenoxy) is 1. The van der Waals surface area contributed by atoms with Crippen molar-refractivity contribution < 1.29 is 4.74 Å². The first-order valence-corrected chi connectivity index (χ1v) is 7.29. The molecule has 0 amide bonds. The highest BCUT2D eigenvalue weighted by molar-refractivity contribution is 5.41. The van der Waals surface area contributed by atoms with E-state index < -0.39 is 0 Å². The van der Waals surface area contributed by atoms with Crippen molar-refractivity contribution in [1.82, 2.24) is 5.32 Å². The fourth-order valence-electron chi connectivity index (χ4n) is 2.19. The summed E-state index contributed by atoms with van der Waals surface area (Å²) in [5.41, 5.74) is 3.77. The van der Waals surface area contributed by atoms with Crippen molar-refractivity contribution in [2.24, 2.45) is 0 Å². The highest BCUT2D eigenvalue weighted by Crippen LogP contribution is 2.27. The zero-order chi connectivity index (χ0) is 13.9. The minimum Gasteiger partial charge on any atom is -0.457 e. The predicted molar refractivity (Wildman–Crippen MR) is 82.3 cm³/mol. The zero-order valence-corrected chi connectivity index (χ0v) is 12.1. The van der Waals surface area contributed by atoms with E-state index >= 15 is 0 Å². The number of rotatable bonds is 5. The maximum Gasteiger partial charge on any atom is 0.130 e. The molecule has 1 fully saturated rings. The molecule has 1 saturated carbocycles. The van der Waals surface area contributed by atoms with E-state index in [0.29, 0.717) is 0 Å². The summed E-state index contributed by atoms with van der Waals surface area (Å²) in [7, 11) is 0. The molecular weight excluding hydrogens is 246 g/mol. The Morgan fingerprint density at radius 2 is 1.80 bits per heavy atom. The van der Waals surface area contributed by atoms with Gasteiger partial charge in [0.1, 0.15) is 11.5 Å². The van der Waals surface area contributed by atoms with Crippen molar-refractivity contribution in [2.45, 2.75) is 39.3 Å². The molecule has 0 radical (unpaired) electrons. The summed E-state index contributed by atoms with van der Waals surface area (Å²) in [6, 6.07) is 15.3. The molecular formula is C18H21NO. The molecule has 0 saturated heterocycles. The second kappa shape index (κ2) is 5.68. The van der Waals surface area contributed by atoms with Gasteiger partial charge in [-0.3, -0.25) is 0 Å². The molecule has 2 heteroatoms. The quantitative estimate of drug-likeness (QED) is 0.869. The Balaban J connectivity index is 1.66. The average molecular weight is 267 g/mol. The third kappa shape index (κ3) is 3.20. The van der Waals surface area contributed by atoms with E-state index in [1.54, 1.807) is 0 Å². The summed E-state index contributed by atoms with van der Waals surface area (Å²) < 4.78 is 5.96. The molecule has 3 rings (SSSR count). The normalized spacial score (nSPS) is 14.3. The Morgan fingerprint density at radius 1 is 1.05 bits per heavy atom. The molecule has 1 aliphatic rings. The van der Waals surface area contributed by atoms with Gasteiger partial charge in [0.15, 0.2) is 0 Å². The van der Waals surface area contributed by atoms with Gasteiger partial charge in [-0.1, -0.05) is 24.3 Å². The second-order valence-corrected chi connectivity index (χ2v) is 5.60. The number of aryl methyl sites for hydroxylation is 1. The number of hydrogen-bond acceptors (Lipinski definition) is 2. The topological polar surface area (TPSA) is 21.3 Å². The van der Waals surface area contributed by atoms with E-state index in [0.717, 1.165) is 24.1 Å². The van der Waals surface area contributed by atoms with Crippen LogP contribution >= 0.6 is 0 Å². The van der Waals surface area contributed by atoms with E-state index in [1.165, 1.54) is 29.5 Å². The lowest BCUT2D eigenvalue weighted by molar-refractivity contribution is 0.478. The van der Waals surface area contributed by atoms with Crippen molar-refractivity contribution in [3.05, 3.63) is 59.2 Å². The van der Waals surface area contributed by atoms with Crippen molar-refractivity contribution in [2.75, 3.05) is 0 Å². The lowest BCUT2D eigenvalue weighted by Crippen LogP contribution is -2.14. The summed E-state index contributed by atoms with van der Waals surface area (Å²) in [5, 5.41) is 3.52. The van der Waals surface area contributed by atoms with Crippen LogP contribution in [0.5, 0.6) is 11.5 Å². The predicted octanol–water partition coefficient (Wildman–Crippen LogP) is 4.35. The second-order valence-electron chi connectivity index (χ2n) is 5.60. The van der Waals surface area contributed by atoms with Crippen LogP contribution in [0.4, 0.5) is 0 Å². The lowest BCUT2D eigenvalue weighted by Gasteiger charge is -2.11. The van der Waals surface area contributed by atoms with Crippen LogP contribution in [0.25, 0.3) is 0 Å². The standard InChI is InChI=1S/C18H21NO/c1-13-4-3-5-18(14(13)2)20-17-10-6-15(7-11-17)12-19-16-8-9-16/h3-7,10-11,16,19H,8-9,12H2,1-2H3. The molecule has 1 N–H and O–H groups in total. The van der Waals surface area contributed by atoms with Gasteiger partial charge >= 0.3 is 0 Å². The van der Waals surface area contributed by atoms with Crippen molar-refractivity contribution >= 4 is 0 Å². The molecule has 2 nitrogen and oxygen atoms in total. The van der Waals surface area contributed by atoms with Crippen LogP contribution in [0, 0.1) is 13.8 Å². The molecule has 0 bridgehead atoms. The van der Waals surface area contributed by atoms with Gasteiger partial charge in [0.05, 0.1) is 0 Å². The minimum absolute atomic E-state index is 0.751. The first kappa shape index (κ1) is 13.2. The Morgan fingerprint density at radius 3 is 2.50 bits per heavy atom. The van der Waals surface area contributed by atoms with Crippen LogP contribution in [0.3, 0.4) is 0 Å². The van der Waals surface area contributed by atoms with Crippen molar-refractivity contribution in [3.8, 4) is 11.5 Å². The fourth-order valence-corrected chi connectivity index (χ4v) is 2.19.